The summed E-state index contributed by atoms with van der Waals surface area (Å²) in [4.78, 5) is 0.190. The molecule has 0 saturated carbocycles. The smallest absolute Gasteiger partial charge is 0.243 e. The third-order valence-corrected chi connectivity index (χ3v) is 4.80. The van der Waals surface area contributed by atoms with Crippen molar-refractivity contribution in [2.24, 2.45) is 0 Å². The van der Waals surface area contributed by atoms with Crippen LogP contribution in [0, 0.1) is 0 Å². The van der Waals surface area contributed by atoms with Gasteiger partial charge in [0.15, 0.2) is 0 Å². The van der Waals surface area contributed by atoms with Crippen LogP contribution in [0.5, 0.6) is 0 Å². The average Bonchev–Trinajstić information content (AvgIpc) is 3.04. The minimum Gasteiger partial charge on any atom is -0.374 e. The summed E-state index contributed by atoms with van der Waals surface area (Å²) in [6.07, 6.45) is 4.75. The Morgan fingerprint density at radius 3 is 3.00 bits per heavy atom. The summed E-state index contributed by atoms with van der Waals surface area (Å²) >= 11 is 0. The third-order valence-electron chi connectivity index (χ3n) is 3.45. The first-order valence-corrected chi connectivity index (χ1v) is 8.24. The van der Waals surface area contributed by atoms with Crippen molar-refractivity contribution in [1.82, 2.24) is 19.8 Å². The van der Waals surface area contributed by atoms with E-state index in [1.165, 1.54) is 12.4 Å². The molecule has 0 aliphatic carbocycles. The molecule has 2 rings (SSSR count). The van der Waals surface area contributed by atoms with Crippen molar-refractivity contribution < 1.29 is 13.2 Å². The zero-order valence-electron chi connectivity index (χ0n) is 11.9. The monoisotopic (exact) mass is 302 g/mol. The lowest BCUT2D eigenvalue weighted by Gasteiger charge is -2.22. The number of rotatable bonds is 7. The van der Waals surface area contributed by atoms with Gasteiger partial charge in [0, 0.05) is 25.9 Å². The van der Waals surface area contributed by atoms with Crippen LogP contribution in [0.1, 0.15) is 19.8 Å². The maximum absolute atomic E-state index is 12.2. The van der Waals surface area contributed by atoms with Crippen LogP contribution in [0.25, 0.3) is 0 Å². The molecule has 1 saturated heterocycles. The van der Waals surface area contributed by atoms with Gasteiger partial charge in [-0.2, -0.15) is 5.10 Å². The number of aromatic nitrogens is 2. The predicted molar refractivity (Wildman–Crippen MR) is 74.9 cm³/mol. The van der Waals surface area contributed by atoms with Crippen molar-refractivity contribution >= 4 is 10.0 Å². The zero-order valence-corrected chi connectivity index (χ0v) is 12.7. The molecule has 0 spiro atoms. The van der Waals surface area contributed by atoms with Gasteiger partial charge in [-0.15, -0.1) is 0 Å². The van der Waals surface area contributed by atoms with Crippen LogP contribution in [0.2, 0.25) is 0 Å². The Morgan fingerprint density at radius 1 is 1.55 bits per heavy atom. The van der Waals surface area contributed by atoms with E-state index < -0.39 is 15.6 Å². The Morgan fingerprint density at radius 2 is 2.35 bits per heavy atom. The van der Waals surface area contributed by atoms with E-state index in [4.69, 9.17) is 4.74 Å². The minimum atomic E-state index is -3.52. The summed E-state index contributed by atoms with van der Waals surface area (Å²) in [5.41, 5.74) is -0.394. The molecule has 2 N–H and O–H groups in total. The molecule has 8 heteroatoms. The Balaban J connectivity index is 1.97. The van der Waals surface area contributed by atoms with Crippen LogP contribution >= 0.6 is 0 Å². The molecule has 7 nitrogen and oxygen atoms in total. The molecule has 1 unspecified atom stereocenters. The van der Waals surface area contributed by atoms with Gasteiger partial charge in [-0.1, -0.05) is 0 Å². The Labute approximate surface area is 119 Å². The van der Waals surface area contributed by atoms with Gasteiger partial charge in [0.25, 0.3) is 0 Å². The van der Waals surface area contributed by atoms with Crippen molar-refractivity contribution in [3.8, 4) is 0 Å². The molecule has 1 aromatic heterocycles. The number of hydrogen-bond donors (Lipinski definition) is 2. The molecule has 0 aromatic carbocycles. The van der Waals surface area contributed by atoms with Crippen LogP contribution in [0.15, 0.2) is 17.3 Å². The van der Waals surface area contributed by atoms with Gasteiger partial charge in [0.1, 0.15) is 4.90 Å². The van der Waals surface area contributed by atoms with Crippen LogP contribution in [-0.4, -0.2) is 50.5 Å². The average molecular weight is 302 g/mol. The van der Waals surface area contributed by atoms with E-state index in [1.54, 1.807) is 4.68 Å². The SMILES string of the molecule is CNCCn1cc(S(=O)(=O)NCC2(C)CCCO2)cn1. The fraction of sp³-hybridized carbons (Fsp3) is 0.750. The minimum absolute atomic E-state index is 0.190. The Bertz CT molecular complexity index is 535. The second kappa shape index (κ2) is 6.21. The summed E-state index contributed by atoms with van der Waals surface area (Å²) in [6, 6.07) is 0. The third kappa shape index (κ3) is 3.78. The van der Waals surface area contributed by atoms with E-state index in [0.29, 0.717) is 13.2 Å². The second-order valence-electron chi connectivity index (χ2n) is 5.27. The topological polar surface area (TPSA) is 85.2 Å². The van der Waals surface area contributed by atoms with Gasteiger partial charge in [-0.3, -0.25) is 4.68 Å². The lowest BCUT2D eigenvalue weighted by atomic mass is 10.0. The standard InChI is InChI=1S/C12H22N4O3S/c1-12(4-3-7-19-12)10-15-20(17,18)11-8-14-16(9-11)6-5-13-2/h8-9,13,15H,3-7,10H2,1-2H3. The van der Waals surface area contributed by atoms with E-state index in [2.05, 4.69) is 15.1 Å². The summed E-state index contributed by atoms with van der Waals surface area (Å²) in [5.74, 6) is 0. The van der Waals surface area contributed by atoms with E-state index in [9.17, 15) is 8.42 Å². The zero-order chi connectivity index (χ0) is 14.6. The highest BCUT2D eigenvalue weighted by Gasteiger charge is 2.31. The highest BCUT2D eigenvalue weighted by molar-refractivity contribution is 7.89. The fourth-order valence-electron chi connectivity index (χ4n) is 2.14. The molecule has 20 heavy (non-hydrogen) atoms. The molecule has 114 valence electrons. The van der Waals surface area contributed by atoms with Crippen molar-refractivity contribution in [3.63, 3.8) is 0 Å². The van der Waals surface area contributed by atoms with Crippen LogP contribution < -0.4 is 10.0 Å². The van der Waals surface area contributed by atoms with E-state index in [-0.39, 0.29) is 11.4 Å². The van der Waals surface area contributed by atoms with Crippen molar-refractivity contribution in [2.75, 3.05) is 26.7 Å². The Hall–Kier alpha value is -0.960. The quantitative estimate of drug-likeness (QED) is 0.737. The predicted octanol–water partition coefficient (Wildman–Crippen LogP) is -0.0501. The first-order chi connectivity index (χ1) is 9.45. The van der Waals surface area contributed by atoms with Gasteiger partial charge in [0.05, 0.1) is 18.3 Å². The van der Waals surface area contributed by atoms with Gasteiger partial charge in [-0.25, -0.2) is 13.1 Å². The van der Waals surface area contributed by atoms with Crippen molar-refractivity contribution in [1.29, 1.82) is 0 Å². The molecule has 1 aliphatic heterocycles. The summed E-state index contributed by atoms with van der Waals surface area (Å²) < 4.78 is 34.2. The molecule has 1 atom stereocenters. The van der Waals surface area contributed by atoms with Gasteiger partial charge in [0.2, 0.25) is 10.0 Å². The molecular weight excluding hydrogens is 280 g/mol. The summed E-state index contributed by atoms with van der Waals surface area (Å²) in [6.45, 7) is 4.28. The van der Waals surface area contributed by atoms with Gasteiger partial charge < -0.3 is 10.1 Å². The molecule has 0 amide bonds. The molecule has 1 aliphatic rings. The fourth-order valence-corrected chi connectivity index (χ4v) is 3.25. The molecule has 0 bridgehead atoms. The number of ether oxygens (including phenoxy) is 1. The van der Waals surface area contributed by atoms with Crippen molar-refractivity contribution in [3.05, 3.63) is 12.4 Å². The highest BCUT2D eigenvalue weighted by atomic mass is 32.2. The molecular formula is C12H22N4O3S. The van der Waals surface area contributed by atoms with Gasteiger partial charge >= 0.3 is 0 Å². The Kier molecular flexibility index (Phi) is 4.79. The van der Waals surface area contributed by atoms with Crippen LogP contribution in [0.4, 0.5) is 0 Å². The molecule has 2 heterocycles. The number of nitrogens with zero attached hydrogens (tertiary/aromatic N) is 2. The molecule has 1 fully saturated rings. The number of sulfonamides is 1. The number of likely N-dealkylation sites (N-methyl/N-ethyl adjacent to an activating group) is 1. The first kappa shape index (κ1) is 15.4. The lowest BCUT2D eigenvalue weighted by Crippen LogP contribution is -2.40. The molecule has 1 aromatic rings. The lowest BCUT2D eigenvalue weighted by molar-refractivity contribution is 0.0250. The number of nitrogens with one attached hydrogen (secondary N) is 2. The number of hydrogen-bond acceptors (Lipinski definition) is 5. The first-order valence-electron chi connectivity index (χ1n) is 6.76. The van der Waals surface area contributed by atoms with Crippen molar-refractivity contribution in [2.45, 2.75) is 36.8 Å². The van der Waals surface area contributed by atoms with E-state index in [0.717, 1.165) is 19.4 Å². The normalized spacial score (nSPS) is 23.3. The largest absolute Gasteiger partial charge is 0.374 e. The van der Waals surface area contributed by atoms with Crippen LogP contribution in [-0.2, 0) is 21.3 Å². The summed E-state index contributed by atoms with van der Waals surface area (Å²) in [7, 11) is -1.69. The second-order valence-corrected chi connectivity index (χ2v) is 7.04. The van der Waals surface area contributed by atoms with E-state index >= 15 is 0 Å². The molecule has 0 radical (unpaired) electrons. The highest BCUT2D eigenvalue weighted by Crippen LogP contribution is 2.24. The van der Waals surface area contributed by atoms with E-state index in [1.807, 2.05) is 14.0 Å². The van der Waals surface area contributed by atoms with Crippen LogP contribution in [0.3, 0.4) is 0 Å². The maximum Gasteiger partial charge on any atom is 0.243 e. The maximum atomic E-state index is 12.2. The summed E-state index contributed by atoms with van der Waals surface area (Å²) in [5, 5.41) is 7.03. The van der Waals surface area contributed by atoms with Gasteiger partial charge in [-0.05, 0) is 26.8 Å².